The second-order valence-electron chi connectivity index (χ2n) is 39.2. The number of halogens is 12. The molecular formula is C87H143Cl6F6N10O34P5. The van der Waals surface area contributed by atoms with Crippen LogP contribution >= 0.6 is 84.1 Å². The Hall–Kier alpha value is -6.09. The Labute approximate surface area is 891 Å². The topological polar surface area (TPSA) is 556 Å². The van der Waals surface area contributed by atoms with Crippen LogP contribution in [0.25, 0.3) is 0 Å². The molecule has 4 aromatic heterocycles. The van der Waals surface area contributed by atoms with E-state index in [1.165, 1.54) is 80.7 Å². The van der Waals surface area contributed by atoms with Gasteiger partial charge in [-0.1, -0.05) is 70.0 Å². The first kappa shape index (κ1) is 146. The zero-order valence-corrected chi connectivity index (χ0v) is 97.1. The van der Waals surface area contributed by atoms with Gasteiger partial charge in [0, 0.05) is 82.0 Å². The first-order chi connectivity index (χ1) is 66.2. The third-order valence-electron chi connectivity index (χ3n) is 15.9. The highest BCUT2D eigenvalue weighted by molar-refractivity contribution is 7.81. The number of phosphoric acid groups is 3. The standard InChI is InChI=1S/C30H42F3N5O7P.C21H23F3N5O8P.C13H26ClO7P.C10H23O5P.C8H18ClO3P.C3H4Cl2O2.C2H6O2.2ClH/c1-20(26-25(33)14-34-17-35-26)30(40,23-10-9-22(31)13-24(23)32)15-38-19-37(18-36-38)21(2)44-27(39)42-11-12-43-46(41,16-28(3,4)5)45-29(6,7)8;1-13(19-18(24)8-25-10-26-19)21(31,16-4-3-15(22)7-17(16)23)9-29-12-28(11-27-29)14(2)37-20(30)35-5-6-36-38(32,33)34;1-10(14)19-11(15)17-8-9-18-22(16,20-12(2,3)4)21-13(5,6)7;1-9(2,3)14-16(12,13-8-7-11)15-10(4,5)6;1-7(2,3)11-13(9,10)12-8(4,5)6;1-2(4)7-3(5)6;3-1-2-4;;/h9-10,13-14,17-21,40H,11-12,15-16H2,1-8H3;3-4,7-8,10-14,31H,5-6,9H2,1-2H3,(H-,32,33,34);10H,8-9H2,1-7H3;11H,7-8H2,1-6H3;1-6H3;2H,1H3;3-4H,1-2H2;2*1H/q+1;;;;;;;;/p-1/t20-,21?,30+,46?;13-,14?,21+;;;;;;;/m00......./s1. The maximum absolute atomic E-state index is 15.0. The van der Waals surface area contributed by atoms with Gasteiger partial charge in [-0.3, -0.25) is 45.3 Å². The van der Waals surface area contributed by atoms with E-state index in [4.69, 9.17) is 135 Å². The highest BCUT2D eigenvalue weighted by Crippen LogP contribution is 2.60. The number of nitrogens with zero attached hydrogens (tertiary/aromatic N) is 10. The summed E-state index contributed by atoms with van der Waals surface area (Å²) in [5.74, 6) is -7.84. The summed E-state index contributed by atoms with van der Waals surface area (Å²) in [6.45, 7) is 44.6. The number of carbonyl (C=O) groups excluding carboxylic acids is 4. The molecule has 0 aliphatic carbocycles. The van der Waals surface area contributed by atoms with Crippen molar-refractivity contribution in [1.82, 2.24) is 39.5 Å². The van der Waals surface area contributed by atoms with Crippen molar-refractivity contribution in [3.8, 4) is 0 Å². The van der Waals surface area contributed by atoms with Crippen LogP contribution < -0.4 is 33.9 Å². The van der Waals surface area contributed by atoms with Crippen molar-refractivity contribution in [3.63, 3.8) is 0 Å². The SMILES string of the molecule is CC(C)(C)OP(=O)(Cl)OC(C)(C)C.CC(C)(C)OP(=O)(OCCO)OC(C)(C)C.CC(Cl)OC(=O)Cl.CC(Cl)OC(=O)OCCOP(=O)(OC(C)(C)C)OC(C)(C)C.CC(OC(=O)OCCOP(=O)(CC(C)(C)C)OC(C)(C)C)[n+]1cnn(C[C@](O)(c2ccc(F)cc2F)[C@@H](C)c2ncncc2F)c1.CC(OC(=O)OCCOP(=O)(O)O)[n+]1cnn(C[C@](O)(c2ccc(F)cc2F)[C@@H](C)c2ncncc2F)c1.OCCO.[Cl-].[Cl-]. The number of aliphatic hydroxyl groups is 5. The van der Waals surface area contributed by atoms with Crippen molar-refractivity contribution in [2.75, 3.05) is 72.2 Å². The van der Waals surface area contributed by atoms with Crippen LogP contribution in [-0.2, 0) is 130 Å². The van der Waals surface area contributed by atoms with E-state index in [1.807, 2.05) is 20.8 Å². The number of benzene rings is 2. The van der Waals surface area contributed by atoms with Crippen LogP contribution in [0.3, 0.4) is 0 Å². The average Bonchev–Trinajstić information content (AvgIpc) is 1.20. The van der Waals surface area contributed by atoms with Crippen molar-refractivity contribution in [3.05, 3.63) is 144 Å². The molecule has 61 heteroatoms. The largest absolute Gasteiger partial charge is 1.00 e. The van der Waals surface area contributed by atoms with Crippen molar-refractivity contribution in [1.29, 1.82) is 0 Å². The Balaban J connectivity index is -0.00000184. The third-order valence-corrected chi connectivity index (χ3v) is 25.4. The highest BCUT2D eigenvalue weighted by atomic mass is 35.7. The fourth-order valence-electron chi connectivity index (χ4n) is 11.1. The summed E-state index contributed by atoms with van der Waals surface area (Å²) >= 11 is 21.0. The van der Waals surface area contributed by atoms with Crippen LogP contribution in [0.1, 0.15) is 255 Å². The second-order valence-corrected chi connectivity index (χ2v) is 49.5. The summed E-state index contributed by atoms with van der Waals surface area (Å²) in [4.78, 5) is 77.2. The van der Waals surface area contributed by atoms with Gasteiger partial charge in [-0.05, 0) is 177 Å². The summed E-state index contributed by atoms with van der Waals surface area (Å²) in [6.07, 6.45) is 4.16. The summed E-state index contributed by atoms with van der Waals surface area (Å²) < 4.78 is 242. The van der Waals surface area contributed by atoms with Gasteiger partial charge in [0.15, 0.2) is 22.8 Å². The maximum Gasteiger partial charge on any atom is 0.511 e. The molecule has 0 radical (unpaired) electrons. The minimum atomic E-state index is -4.71. The average molecular weight is 2350 g/mol. The molecule has 4 heterocycles. The van der Waals surface area contributed by atoms with Gasteiger partial charge in [-0.25, -0.2) is 83.7 Å². The quantitative estimate of drug-likeness (QED) is 0.00274. The lowest BCUT2D eigenvalue weighted by atomic mass is 9.79. The number of rotatable bonds is 40. The number of aliphatic hydroxyl groups excluding tert-OH is 3. The lowest BCUT2D eigenvalue weighted by Crippen LogP contribution is -3.00. The van der Waals surface area contributed by atoms with Gasteiger partial charge in [0.05, 0.1) is 115 Å². The van der Waals surface area contributed by atoms with E-state index in [-0.39, 0.29) is 112 Å². The monoisotopic (exact) mass is 2350 g/mol. The van der Waals surface area contributed by atoms with Crippen LogP contribution in [0, 0.1) is 40.3 Å². The fourth-order valence-corrected chi connectivity index (χ4v) is 20.4. The molecule has 44 nitrogen and oxygen atoms in total. The molecule has 0 aliphatic heterocycles. The summed E-state index contributed by atoms with van der Waals surface area (Å²) in [5.41, 5.74) is -12.6. The lowest BCUT2D eigenvalue weighted by Gasteiger charge is -2.32. The van der Waals surface area contributed by atoms with E-state index in [0.29, 0.717) is 12.1 Å². The molecule has 6 aromatic rings. The Morgan fingerprint density at radius 1 is 0.426 bits per heavy atom. The molecule has 0 fully saturated rings. The molecule has 0 saturated heterocycles. The molecule has 5 unspecified atom stereocenters. The predicted octanol–water partition coefficient (Wildman–Crippen LogP) is 13.8. The number of aromatic nitrogens is 10. The van der Waals surface area contributed by atoms with Crippen molar-refractivity contribution in [2.45, 2.75) is 307 Å². The van der Waals surface area contributed by atoms with E-state index in [0.717, 1.165) is 54.0 Å². The lowest BCUT2D eigenvalue weighted by molar-refractivity contribution is -0.754. The number of hydrogen-bond donors (Lipinski definition) is 7. The Kier molecular flexibility index (Phi) is 63.6. The van der Waals surface area contributed by atoms with Crippen LogP contribution in [0.4, 0.5) is 45.5 Å². The van der Waals surface area contributed by atoms with E-state index in [2.05, 4.69) is 48.9 Å². The molecule has 0 saturated carbocycles. The predicted molar refractivity (Wildman–Crippen MR) is 519 cm³/mol. The summed E-state index contributed by atoms with van der Waals surface area (Å²) in [7, 11) is -15.7. The number of carbonyl (C=O) groups is 4. The van der Waals surface area contributed by atoms with Crippen molar-refractivity contribution < 1.29 is 221 Å². The van der Waals surface area contributed by atoms with Gasteiger partial charge in [-0.15, -0.1) is 9.36 Å². The Morgan fingerprint density at radius 3 is 1.01 bits per heavy atom. The van der Waals surface area contributed by atoms with Gasteiger partial charge in [0.1, 0.15) is 80.0 Å². The van der Waals surface area contributed by atoms with Crippen LogP contribution in [0.15, 0.2) is 86.8 Å². The van der Waals surface area contributed by atoms with Crippen LogP contribution in [0.5, 0.6) is 0 Å². The van der Waals surface area contributed by atoms with Crippen molar-refractivity contribution in [2.24, 2.45) is 5.41 Å². The van der Waals surface area contributed by atoms with Crippen molar-refractivity contribution >= 4 is 108 Å². The Bertz CT molecular complexity index is 5160. The normalized spacial score (nSPS) is 14.7. The van der Waals surface area contributed by atoms with E-state index in [1.54, 1.807) is 145 Å². The highest BCUT2D eigenvalue weighted by Gasteiger charge is 2.47. The Morgan fingerprint density at radius 2 is 0.736 bits per heavy atom. The molecule has 6 rings (SSSR count). The van der Waals surface area contributed by atoms with Gasteiger partial charge < -0.3 is 102 Å². The van der Waals surface area contributed by atoms with Crippen LogP contribution in [-0.4, -0.2) is 221 Å². The molecule has 0 amide bonds. The molecule has 0 aliphatic rings. The molecule has 854 valence electrons. The maximum atomic E-state index is 15.0. The first-order valence-electron chi connectivity index (χ1n) is 44.4. The number of alkyl halides is 2. The fraction of sp³-hybridized carbons (Fsp3) is 0.678. The number of ether oxygens (including phenoxy) is 7. The molecule has 0 spiro atoms. The number of phosphoric ester groups is 3. The van der Waals surface area contributed by atoms with E-state index in [9.17, 15) is 78.6 Å². The third kappa shape index (κ3) is 64.9. The second kappa shape index (κ2) is 64.4. The van der Waals surface area contributed by atoms with E-state index >= 15 is 0 Å². The van der Waals surface area contributed by atoms with Gasteiger partial charge in [-0.2, -0.15) is 9.13 Å². The first-order valence-corrected chi connectivity index (χ1v) is 54.3. The molecule has 148 heavy (non-hydrogen) atoms. The van der Waals surface area contributed by atoms with Gasteiger partial charge in [0.2, 0.25) is 25.1 Å². The smallest absolute Gasteiger partial charge is 0.511 e. The summed E-state index contributed by atoms with van der Waals surface area (Å²) in [5, 5.41) is 55.7. The molecule has 2 aromatic carbocycles. The van der Waals surface area contributed by atoms with E-state index < -0.39 is 209 Å². The zero-order valence-electron chi connectivity index (χ0n) is 88.1. The number of hydrogen-bond acceptors (Lipinski definition) is 38. The molecule has 7 N–H and O–H groups in total. The molecule has 0 bridgehead atoms. The van der Waals surface area contributed by atoms with Gasteiger partial charge >= 0.3 is 61.9 Å². The van der Waals surface area contributed by atoms with Crippen LogP contribution in [0.2, 0.25) is 0 Å². The minimum absolute atomic E-state index is 0. The molecule has 9 atom stereocenters. The minimum Gasteiger partial charge on any atom is -1.00 e. The van der Waals surface area contributed by atoms with Gasteiger partial charge in [0.25, 0.3) is 12.7 Å². The summed E-state index contributed by atoms with van der Waals surface area (Å²) in [6, 6.07) is 5.22. The molecular weight excluding hydrogens is 2210 g/mol. The zero-order chi connectivity index (χ0) is 113.